The summed E-state index contributed by atoms with van der Waals surface area (Å²) >= 11 is 0. The maximum absolute atomic E-state index is 12.2. The van der Waals surface area contributed by atoms with Gasteiger partial charge in [-0.05, 0) is 29.8 Å². The summed E-state index contributed by atoms with van der Waals surface area (Å²) in [6.07, 6.45) is 0.752. The fourth-order valence-electron chi connectivity index (χ4n) is 3.89. The third kappa shape index (κ3) is 6.87. The Hall–Kier alpha value is -3.23. The smallest absolute Gasteiger partial charge is 0.227 e. The molecule has 0 bridgehead atoms. The second-order valence-corrected chi connectivity index (χ2v) is 8.19. The molecule has 1 N–H and O–H groups in total. The molecule has 1 amide bonds. The van der Waals surface area contributed by atoms with Crippen LogP contribution in [0.2, 0.25) is 0 Å². The molecular formula is C25H31N5O3. The monoisotopic (exact) mass is 449 g/mol. The molecule has 8 nitrogen and oxygen atoms in total. The number of piperazine rings is 1. The van der Waals surface area contributed by atoms with Gasteiger partial charge in [-0.25, -0.2) is 0 Å². The van der Waals surface area contributed by atoms with Crippen LogP contribution in [-0.2, 0) is 17.8 Å². The zero-order valence-electron chi connectivity index (χ0n) is 19.1. The summed E-state index contributed by atoms with van der Waals surface area (Å²) in [6, 6.07) is 18.0. The highest BCUT2D eigenvalue weighted by Gasteiger charge is 2.17. The molecule has 0 spiro atoms. The number of methoxy groups -OCH3 is 1. The zero-order chi connectivity index (χ0) is 22.9. The molecule has 2 aromatic carbocycles. The van der Waals surface area contributed by atoms with Crippen LogP contribution in [-0.4, -0.2) is 72.2 Å². The second kappa shape index (κ2) is 11.6. The average Bonchev–Trinajstić information content (AvgIpc) is 3.34. The summed E-state index contributed by atoms with van der Waals surface area (Å²) in [5.41, 5.74) is 2.20. The standard InChI is InChI=1S/C25H31N5O3/c1-32-22-9-7-21(8-10-22)25-27-24(33-28-25)12-11-23(31)26-13-14-29-15-17-30(18-16-29)19-20-5-3-2-4-6-20/h2-10H,11-19H2,1H3,(H,26,31). The summed E-state index contributed by atoms with van der Waals surface area (Å²) in [7, 11) is 1.62. The number of aromatic nitrogens is 2. The van der Waals surface area contributed by atoms with Gasteiger partial charge in [0.2, 0.25) is 17.6 Å². The van der Waals surface area contributed by atoms with Gasteiger partial charge >= 0.3 is 0 Å². The van der Waals surface area contributed by atoms with Crippen molar-refractivity contribution in [2.75, 3.05) is 46.4 Å². The Morgan fingerprint density at radius 1 is 1.03 bits per heavy atom. The van der Waals surface area contributed by atoms with Gasteiger partial charge in [-0.15, -0.1) is 0 Å². The molecule has 0 radical (unpaired) electrons. The number of hydrogen-bond acceptors (Lipinski definition) is 7. The van der Waals surface area contributed by atoms with E-state index in [0.29, 0.717) is 31.1 Å². The van der Waals surface area contributed by atoms with Crippen molar-refractivity contribution >= 4 is 5.91 Å². The van der Waals surface area contributed by atoms with Crippen LogP contribution in [0.15, 0.2) is 59.1 Å². The molecule has 3 aromatic rings. The predicted molar refractivity (Wildman–Crippen MR) is 126 cm³/mol. The van der Waals surface area contributed by atoms with Crippen LogP contribution in [0.1, 0.15) is 17.9 Å². The molecule has 0 saturated carbocycles. The van der Waals surface area contributed by atoms with Crippen LogP contribution in [0, 0.1) is 0 Å². The number of amides is 1. The number of aryl methyl sites for hydroxylation is 1. The third-order valence-corrected chi connectivity index (χ3v) is 5.85. The Morgan fingerprint density at radius 3 is 2.48 bits per heavy atom. The first-order chi connectivity index (χ1) is 16.2. The van der Waals surface area contributed by atoms with Crippen molar-refractivity contribution in [1.82, 2.24) is 25.3 Å². The second-order valence-electron chi connectivity index (χ2n) is 8.19. The lowest BCUT2D eigenvalue weighted by Crippen LogP contribution is -2.48. The van der Waals surface area contributed by atoms with Crippen LogP contribution < -0.4 is 10.1 Å². The van der Waals surface area contributed by atoms with E-state index in [1.165, 1.54) is 5.56 Å². The topological polar surface area (TPSA) is 83.7 Å². The first-order valence-electron chi connectivity index (χ1n) is 11.4. The van der Waals surface area contributed by atoms with Gasteiger partial charge in [0.25, 0.3) is 0 Å². The Morgan fingerprint density at radius 2 is 1.76 bits per heavy atom. The molecule has 33 heavy (non-hydrogen) atoms. The van der Waals surface area contributed by atoms with Gasteiger partial charge in [-0.3, -0.25) is 14.6 Å². The Balaban J connectivity index is 1.11. The van der Waals surface area contributed by atoms with Gasteiger partial charge in [0.05, 0.1) is 7.11 Å². The van der Waals surface area contributed by atoms with E-state index < -0.39 is 0 Å². The summed E-state index contributed by atoms with van der Waals surface area (Å²) in [6.45, 7) is 6.68. The molecule has 1 aliphatic heterocycles. The quantitative estimate of drug-likeness (QED) is 0.509. The first-order valence-corrected chi connectivity index (χ1v) is 11.4. The van der Waals surface area contributed by atoms with Crippen LogP contribution in [0.25, 0.3) is 11.4 Å². The van der Waals surface area contributed by atoms with E-state index in [1.54, 1.807) is 7.11 Å². The Kier molecular flexibility index (Phi) is 8.05. The molecule has 1 saturated heterocycles. The van der Waals surface area contributed by atoms with Gasteiger partial charge in [-0.2, -0.15) is 4.98 Å². The van der Waals surface area contributed by atoms with Crippen LogP contribution in [0.3, 0.4) is 0 Å². The maximum atomic E-state index is 12.2. The minimum Gasteiger partial charge on any atom is -0.497 e. The van der Waals surface area contributed by atoms with Crippen molar-refractivity contribution < 1.29 is 14.1 Å². The van der Waals surface area contributed by atoms with Gasteiger partial charge < -0.3 is 14.6 Å². The third-order valence-electron chi connectivity index (χ3n) is 5.85. The lowest BCUT2D eigenvalue weighted by atomic mass is 10.2. The Bertz CT molecular complexity index is 998. The van der Waals surface area contributed by atoms with Crippen LogP contribution >= 0.6 is 0 Å². The minimum atomic E-state index is 0.00177. The van der Waals surface area contributed by atoms with Crippen molar-refractivity contribution in [3.63, 3.8) is 0 Å². The summed E-state index contributed by atoms with van der Waals surface area (Å²) in [5.74, 6) is 1.75. The normalized spacial score (nSPS) is 14.8. The number of carbonyl (C=O) groups is 1. The van der Waals surface area contributed by atoms with E-state index in [1.807, 2.05) is 24.3 Å². The largest absolute Gasteiger partial charge is 0.497 e. The Labute approximate surface area is 194 Å². The molecule has 2 heterocycles. The lowest BCUT2D eigenvalue weighted by molar-refractivity contribution is -0.121. The minimum absolute atomic E-state index is 0.00177. The van der Waals surface area contributed by atoms with E-state index in [2.05, 4.69) is 55.6 Å². The van der Waals surface area contributed by atoms with Gasteiger partial charge in [0.1, 0.15) is 5.75 Å². The molecular weight excluding hydrogens is 418 g/mol. The molecule has 1 aromatic heterocycles. The lowest BCUT2D eigenvalue weighted by Gasteiger charge is -2.34. The molecule has 0 aliphatic carbocycles. The number of ether oxygens (including phenoxy) is 1. The molecule has 0 unspecified atom stereocenters. The van der Waals surface area contributed by atoms with E-state index in [0.717, 1.165) is 50.6 Å². The molecule has 1 aliphatic rings. The highest BCUT2D eigenvalue weighted by atomic mass is 16.5. The van der Waals surface area contributed by atoms with E-state index >= 15 is 0 Å². The highest BCUT2D eigenvalue weighted by molar-refractivity contribution is 5.76. The van der Waals surface area contributed by atoms with E-state index in [-0.39, 0.29) is 5.91 Å². The predicted octanol–water partition coefficient (Wildman–Crippen LogP) is 2.61. The summed E-state index contributed by atoms with van der Waals surface area (Å²) in [5, 5.41) is 7.01. The first kappa shape index (κ1) is 22.9. The van der Waals surface area contributed by atoms with Gasteiger partial charge in [0, 0.05) is 64.2 Å². The highest BCUT2D eigenvalue weighted by Crippen LogP contribution is 2.20. The number of rotatable bonds is 10. The van der Waals surface area contributed by atoms with E-state index in [4.69, 9.17) is 9.26 Å². The summed E-state index contributed by atoms with van der Waals surface area (Å²) < 4.78 is 10.5. The fraction of sp³-hybridized carbons (Fsp3) is 0.400. The SMILES string of the molecule is COc1ccc(-c2noc(CCC(=O)NCCN3CCN(Cc4ccccc4)CC3)n2)cc1. The van der Waals surface area contributed by atoms with E-state index in [9.17, 15) is 4.79 Å². The molecule has 1 fully saturated rings. The maximum Gasteiger partial charge on any atom is 0.227 e. The fourth-order valence-corrected chi connectivity index (χ4v) is 3.89. The number of carbonyl (C=O) groups excluding carboxylic acids is 1. The zero-order valence-corrected chi connectivity index (χ0v) is 19.1. The van der Waals surface area contributed by atoms with Crippen LogP contribution in [0.4, 0.5) is 0 Å². The average molecular weight is 450 g/mol. The van der Waals surface area contributed by atoms with Crippen molar-refractivity contribution in [3.8, 4) is 17.1 Å². The van der Waals surface area contributed by atoms with Crippen molar-refractivity contribution in [1.29, 1.82) is 0 Å². The van der Waals surface area contributed by atoms with Gasteiger partial charge in [-0.1, -0.05) is 35.5 Å². The molecule has 8 heteroatoms. The van der Waals surface area contributed by atoms with Crippen molar-refractivity contribution in [2.45, 2.75) is 19.4 Å². The van der Waals surface area contributed by atoms with Gasteiger partial charge in [0.15, 0.2) is 0 Å². The number of hydrogen-bond donors (Lipinski definition) is 1. The van der Waals surface area contributed by atoms with Crippen LogP contribution in [0.5, 0.6) is 5.75 Å². The number of nitrogens with zero attached hydrogens (tertiary/aromatic N) is 4. The molecule has 4 rings (SSSR count). The van der Waals surface area contributed by atoms with Crippen molar-refractivity contribution in [3.05, 3.63) is 66.1 Å². The number of nitrogens with one attached hydrogen (secondary N) is 1. The summed E-state index contributed by atoms with van der Waals surface area (Å²) in [4.78, 5) is 21.5. The molecule has 0 atom stereocenters. The van der Waals surface area contributed by atoms with Crippen molar-refractivity contribution in [2.24, 2.45) is 0 Å². The number of benzene rings is 2. The molecule has 174 valence electrons.